The van der Waals surface area contributed by atoms with Crippen molar-refractivity contribution >= 4 is 0 Å². The van der Waals surface area contributed by atoms with Crippen molar-refractivity contribution in [3.63, 3.8) is 0 Å². The fourth-order valence-electron chi connectivity index (χ4n) is 1.85. The molecule has 0 radical (unpaired) electrons. The van der Waals surface area contributed by atoms with Crippen LogP contribution >= 0.6 is 0 Å². The number of nitrogens with zero attached hydrogens (tertiary/aromatic N) is 3. The van der Waals surface area contributed by atoms with Gasteiger partial charge < -0.3 is 5.73 Å². The Hall–Kier alpha value is -0.900. The van der Waals surface area contributed by atoms with Gasteiger partial charge >= 0.3 is 0 Å². The van der Waals surface area contributed by atoms with Crippen LogP contribution in [0.1, 0.15) is 43.8 Å². The molecule has 1 aromatic rings. The molecule has 0 aromatic carbocycles. The monoisotopic (exact) mass is 194 g/mol. The lowest BCUT2D eigenvalue weighted by molar-refractivity contribution is 0.388. The maximum Gasteiger partial charge on any atom is 0.152 e. The van der Waals surface area contributed by atoms with Crippen LogP contribution in [0.15, 0.2) is 0 Å². The van der Waals surface area contributed by atoms with Gasteiger partial charge in [-0.3, -0.25) is 4.68 Å². The first-order chi connectivity index (χ1) is 6.66. The molecule has 14 heavy (non-hydrogen) atoms. The third-order valence-electron chi connectivity index (χ3n) is 2.82. The van der Waals surface area contributed by atoms with E-state index in [2.05, 4.69) is 10.1 Å². The lowest BCUT2D eigenvalue weighted by Gasteiger charge is -2.23. The van der Waals surface area contributed by atoms with Crippen molar-refractivity contribution in [3.8, 4) is 0 Å². The summed E-state index contributed by atoms with van der Waals surface area (Å²) >= 11 is 0. The highest BCUT2D eigenvalue weighted by Gasteiger charge is 2.24. The normalized spacial score (nSPS) is 19.4. The van der Waals surface area contributed by atoms with Crippen LogP contribution in [0.3, 0.4) is 0 Å². The third kappa shape index (κ3) is 1.80. The molecular formula is C10H18N4. The van der Waals surface area contributed by atoms with Crippen LogP contribution in [0.25, 0.3) is 0 Å². The minimum atomic E-state index is 0.145. The first kappa shape index (κ1) is 9.65. The van der Waals surface area contributed by atoms with Crippen molar-refractivity contribution in [3.05, 3.63) is 11.6 Å². The van der Waals surface area contributed by atoms with Crippen LogP contribution < -0.4 is 5.73 Å². The molecule has 78 valence electrons. The standard InChI is InChI=1S/C10H18N4/c1-7(11)6-9-12-10(14(2)13-9)8-4-3-5-8/h7-8H,3-6,11H2,1-2H3. The van der Waals surface area contributed by atoms with E-state index in [9.17, 15) is 0 Å². The molecule has 1 aliphatic carbocycles. The highest BCUT2D eigenvalue weighted by Crippen LogP contribution is 2.34. The summed E-state index contributed by atoms with van der Waals surface area (Å²) in [6, 6.07) is 0.145. The topological polar surface area (TPSA) is 56.7 Å². The Bertz CT molecular complexity index is 312. The molecule has 4 nitrogen and oxygen atoms in total. The van der Waals surface area contributed by atoms with Crippen molar-refractivity contribution in [2.45, 2.75) is 44.6 Å². The lowest BCUT2D eigenvalue weighted by atomic mass is 9.85. The Kier molecular flexibility index (Phi) is 2.54. The van der Waals surface area contributed by atoms with Crippen LogP contribution in [0.4, 0.5) is 0 Å². The number of hydrogen-bond donors (Lipinski definition) is 1. The SMILES string of the molecule is CC(N)Cc1nc(C2CCC2)n(C)n1. The van der Waals surface area contributed by atoms with Gasteiger partial charge in [0.1, 0.15) is 5.82 Å². The Balaban J connectivity index is 2.12. The Morgan fingerprint density at radius 2 is 2.29 bits per heavy atom. The molecular weight excluding hydrogens is 176 g/mol. The molecule has 0 saturated heterocycles. The van der Waals surface area contributed by atoms with E-state index >= 15 is 0 Å². The predicted molar refractivity (Wildman–Crippen MR) is 54.9 cm³/mol. The zero-order chi connectivity index (χ0) is 10.1. The van der Waals surface area contributed by atoms with Gasteiger partial charge in [0.15, 0.2) is 5.82 Å². The highest BCUT2D eigenvalue weighted by atomic mass is 15.3. The number of aryl methyl sites for hydroxylation is 1. The summed E-state index contributed by atoms with van der Waals surface area (Å²) in [5.41, 5.74) is 5.72. The summed E-state index contributed by atoms with van der Waals surface area (Å²) in [6.45, 7) is 1.99. The summed E-state index contributed by atoms with van der Waals surface area (Å²) < 4.78 is 1.92. The number of nitrogens with two attached hydrogens (primary N) is 1. The van der Waals surface area contributed by atoms with Gasteiger partial charge in [-0.25, -0.2) is 4.98 Å². The van der Waals surface area contributed by atoms with Crippen LogP contribution in [-0.2, 0) is 13.5 Å². The van der Waals surface area contributed by atoms with Gasteiger partial charge in [-0.05, 0) is 19.8 Å². The molecule has 1 fully saturated rings. The molecule has 1 aromatic heterocycles. The van der Waals surface area contributed by atoms with Gasteiger partial charge in [-0.15, -0.1) is 0 Å². The van der Waals surface area contributed by atoms with E-state index in [0.717, 1.165) is 18.1 Å². The van der Waals surface area contributed by atoms with Crippen LogP contribution in [-0.4, -0.2) is 20.8 Å². The van der Waals surface area contributed by atoms with Gasteiger partial charge in [-0.2, -0.15) is 5.10 Å². The van der Waals surface area contributed by atoms with Gasteiger partial charge in [0, 0.05) is 25.4 Å². The van der Waals surface area contributed by atoms with E-state index in [0.29, 0.717) is 5.92 Å². The van der Waals surface area contributed by atoms with E-state index in [1.807, 2.05) is 18.7 Å². The molecule has 1 saturated carbocycles. The van der Waals surface area contributed by atoms with Crippen molar-refractivity contribution in [2.75, 3.05) is 0 Å². The molecule has 2 N–H and O–H groups in total. The van der Waals surface area contributed by atoms with E-state index in [-0.39, 0.29) is 6.04 Å². The zero-order valence-corrected chi connectivity index (χ0v) is 8.90. The summed E-state index contributed by atoms with van der Waals surface area (Å²) in [5.74, 6) is 2.69. The van der Waals surface area contributed by atoms with Crippen molar-refractivity contribution < 1.29 is 0 Å². The molecule has 4 heteroatoms. The molecule has 0 amide bonds. The quantitative estimate of drug-likeness (QED) is 0.780. The van der Waals surface area contributed by atoms with E-state index in [4.69, 9.17) is 5.73 Å². The molecule has 1 unspecified atom stereocenters. The van der Waals surface area contributed by atoms with Crippen LogP contribution in [0, 0.1) is 0 Å². The highest BCUT2D eigenvalue weighted by molar-refractivity contribution is 5.04. The third-order valence-corrected chi connectivity index (χ3v) is 2.82. The van der Waals surface area contributed by atoms with Gasteiger partial charge in [0.25, 0.3) is 0 Å². The zero-order valence-electron chi connectivity index (χ0n) is 8.90. The molecule has 2 rings (SSSR count). The maximum atomic E-state index is 5.72. The van der Waals surface area contributed by atoms with Crippen LogP contribution in [0.5, 0.6) is 0 Å². The smallest absolute Gasteiger partial charge is 0.152 e. The number of hydrogen-bond acceptors (Lipinski definition) is 3. The molecule has 0 aliphatic heterocycles. The van der Waals surface area contributed by atoms with E-state index in [1.165, 1.54) is 19.3 Å². The van der Waals surface area contributed by atoms with Crippen LogP contribution in [0.2, 0.25) is 0 Å². The second-order valence-electron chi connectivity index (χ2n) is 4.32. The minimum Gasteiger partial charge on any atom is -0.328 e. The summed E-state index contributed by atoms with van der Waals surface area (Å²) in [7, 11) is 1.98. The summed E-state index contributed by atoms with van der Waals surface area (Å²) in [4.78, 5) is 4.54. The van der Waals surface area contributed by atoms with Crippen molar-refractivity contribution in [2.24, 2.45) is 12.8 Å². The fourth-order valence-corrected chi connectivity index (χ4v) is 1.85. The number of aromatic nitrogens is 3. The van der Waals surface area contributed by atoms with Gasteiger partial charge in [0.2, 0.25) is 0 Å². The lowest BCUT2D eigenvalue weighted by Crippen LogP contribution is -2.18. The first-order valence-electron chi connectivity index (χ1n) is 5.32. The summed E-state index contributed by atoms with van der Waals surface area (Å²) in [5, 5.41) is 4.38. The second kappa shape index (κ2) is 3.69. The molecule has 0 spiro atoms. The fraction of sp³-hybridized carbons (Fsp3) is 0.800. The molecule has 1 heterocycles. The average Bonchev–Trinajstić information content (AvgIpc) is 2.27. The largest absolute Gasteiger partial charge is 0.328 e. The first-order valence-corrected chi connectivity index (χ1v) is 5.32. The van der Waals surface area contributed by atoms with Crippen molar-refractivity contribution in [1.29, 1.82) is 0 Å². The van der Waals surface area contributed by atoms with E-state index in [1.54, 1.807) is 0 Å². The van der Waals surface area contributed by atoms with Gasteiger partial charge in [0.05, 0.1) is 0 Å². The predicted octanol–water partition coefficient (Wildman–Crippen LogP) is 0.972. The maximum absolute atomic E-state index is 5.72. The van der Waals surface area contributed by atoms with Gasteiger partial charge in [-0.1, -0.05) is 6.42 Å². The minimum absolute atomic E-state index is 0.145. The van der Waals surface area contributed by atoms with Crippen molar-refractivity contribution in [1.82, 2.24) is 14.8 Å². The molecule has 1 aliphatic rings. The molecule has 1 atom stereocenters. The summed E-state index contributed by atoms with van der Waals surface area (Å²) in [6.07, 6.45) is 4.65. The Labute approximate surface area is 84.5 Å². The average molecular weight is 194 g/mol. The Morgan fingerprint density at radius 1 is 1.57 bits per heavy atom. The van der Waals surface area contributed by atoms with E-state index < -0.39 is 0 Å². The number of rotatable bonds is 3. The Morgan fingerprint density at radius 3 is 2.79 bits per heavy atom. The second-order valence-corrected chi connectivity index (χ2v) is 4.32. The molecule has 0 bridgehead atoms.